The highest BCUT2D eigenvalue weighted by atomic mass is 16.5. The van der Waals surface area contributed by atoms with Crippen LogP contribution in [0.4, 0.5) is 0 Å². The van der Waals surface area contributed by atoms with E-state index in [-0.39, 0.29) is 5.75 Å². The van der Waals surface area contributed by atoms with Gasteiger partial charge < -0.3 is 15.2 Å². The maximum absolute atomic E-state index is 9.98. The summed E-state index contributed by atoms with van der Waals surface area (Å²) in [5.74, 6) is 0.783. The zero-order valence-corrected chi connectivity index (χ0v) is 12.4. The van der Waals surface area contributed by atoms with Crippen molar-refractivity contribution in [3.8, 4) is 11.5 Å². The van der Waals surface area contributed by atoms with E-state index in [0.717, 1.165) is 5.56 Å². The van der Waals surface area contributed by atoms with Crippen LogP contribution >= 0.6 is 0 Å². The minimum atomic E-state index is 0.246. The van der Waals surface area contributed by atoms with Gasteiger partial charge in [-0.2, -0.15) is 0 Å². The number of phenolic OH excluding ortho intramolecular Hbond substituents is 1. The summed E-state index contributed by atoms with van der Waals surface area (Å²) in [6.45, 7) is 5.11. The lowest BCUT2D eigenvalue weighted by atomic mass is 10.1. The maximum Gasteiger partial charge on any atom is 0.162 e. The first-order chi connectivity index (χ1) is 9.19. The topological polar surface area (TPSA) is 41.5 Å². The Morgan fingerprint density at radius 1 is 1.26 bits per heavy atom. The van der Waals surface area contributed by atoms with Gasteiger partial charge in [0.2, 0.25) is 0 Å². The van der Waals surface area contributed by atoms with Crippen LogP contribution in [0, 0.1) is 0 Å². The minimum absolute atomic E-state index is 0.246. The first-order valence-electron chi connectivity index (χ1n) is 7.27. The zero-order chi connectivity index (χ0) is 14.1. The Balaban J connectivity index is 2.35. The van der Waals surface area contributed by atoms with Crippen LogP contribution in [0.5, 0.6) is 11.5 Å². The van der Waals surface area contributed by atoms with Crippen molar-refractivity contribution in [1.29, 1.82) is 0 Å². The van der Waals surface area contributed by atoms with Gasteiger partial charge >= 0.3 is 0 Å². The molecule has 19 heavy (non-hydrogen) atoms. The molecule has 2 N–H and O–H groups in total. The number of aromatic hydroxyl groups is 1. The van der Waals surface area contributed by atoms with E-state index in [0.29, 0.717) is 18.3 Å². The minimum Gasteiger partial charge on any atom is -0.504 e. The number of hydrogen-bond donors (Lipinski definition) is 2. The molecule has 1 aromatic carbocycles. The van der Waals surface area contributed by atoms with Crippen LogP contribution in [0.1, 0.15) is 51.5 Å². The normalized spacial score (nSPS) is 12.4. The van der Waals surface area contributed by atoms with Gasteiger partial charge in [-0.05, 0) is 19.4 Å². The molecule has 0 saturated carbocycles. The number of methoxy groups -OCH3 is 1. The summed E-state index contributed by atoms with van der Waals surface area (Å²) in [4.78, 5) is 0. The Hall–Kier alpha value is -1.22. The van der Waals surface area contributed by atoms with Crippen molar-refractivity contribution >= 4 is 0 Å². The molecule has 108 valence electrons. The third kappa shape index (κ3) is 5.52. The number of nitrogens with one attached hydrogen (secondary N) is 1. The molecule has 3 heteroatoms. The van der Waals surface area contributed by atoms with E-state index in [4.69, 9.17) is 4.74 Å². The molecule has 1 rings (SSSR count). The molecule has 1 aromatic rings. The van der Waals surface area contributed by atoms with Gasteiger partial charge in [0.25, 0.3) is 0 Å². The van der Waals surface area contributed by atoms with Crippen molar-refractivity contribution in [1.82, 2.24) is 5.32 Å². The summed E-state index contributed by atoms with van der Waals surface area (Å²) in [6.07, 6.45) is 6.37. The lowest BCUT2D eigenvalue weighted by Gasteiger charge is -2.15. The molecular formula is C16H27NO2. The molecule has 0 radical (unpaired) electrons. The smallest absolute Gasteiger partial charge is 0.162 e. The van der Waals surface area contributed by atoms with E-state index in [1.807, 2.05) is 12.1 Å². The third-order valence-corrected chi connectivity index (χ3v) is 3.43. The van der Waals surface area contributed by atoms with Crippen LogP contribution in [0.2, 0.25) is 0 Å². The number of rotatable bonds is 9. The van der Waals surface area contributed by atoms with Crippen LogP contribution in [0.15, 0.2) is 18.2 Å². The summed E-state index contributed by atoms with van der Waals surface area (Å²) in [6, 6.07) is 6.07. The number of ether oxygens (including phenoxy) is 1. The second-order valence-electron chi connectivity index (χ2n) is 5.10. The Labute approximate surface area is 117 Å². The van der Waals surface area contributed by atoms with Crippen molar-refractivity contribution in [2.24, 2.45) is 0 Å². The average Bonchev–Trinajstić information content (AvgIpc) is 2.42. The first kappa shape index (κ1) is 15.8. The molecule has 0 bridgehead atoms. The van der Waals surface area contributed by atoms with Gasteiger partial charge in [-0.3, -0.25) is 0 Å². The Morgan fingerprint density at radius 2 is 2.05 bits per heavy atom. The molecule has 0 saturated heterocycles. The lowest BCUT2D eigenvalue weighted by molar-refractivity contribution is 0.368. The van der Waals surface area contributed by atoms with Crippen molar-refractivity contribution in [2.75, 3.05) is 7.11 Å². The van der Waals surface area contributed by atoms with Crippen LogP contribution in [-0.2, 0) is 6.54 Å². The highest BCUT2D eigenvalue weighted by molar-refractivity contribution is 5.45. The highest BCUT2D eigenvalue weighted by Crippen LogP contribution is 2.29. The molecule has 0 amide bonds. The molecule has 0 spiro atoms. The fourth-order valence-electron chi connectivity index (χ4n) is 2.14. The van der Waals surface area contributed by atoms with Crippen molar-refractivity contribution < 1.29 is 9.84 Å². The van der Waals surface area contributed by atoms with Crippen LogP contribution in [-0.4, -0.2) is 18.3 Å². The van der Waals surface area contributed by atoms with Gasteiger partial charge in [0.15, 0.2) is 11.5 Å². The second-order valence-corrected chi connectivity index (χ2v) is 5.10. The van der Waals surface area contributed by atoms with Crippen LogP contribution in [0.3, 0.4) is 0 Å². The van der Waals surface area contributed by atoms with Gasteiger partial charge in [0, 0.05) is 18.2 Å². The monoisotopic (exact) mass is 265 g/mol. The fourth-order valence-corrected chi connectivity index (χ4v) is 2.14. The second kappa shape index (κ2) is 8.81. The van der Waals surface area contributed by atoms with Crippen molar-refractivity contribution in [3.63, 3.8) is 0 Å². The van der Waals surface area contributed by atoms with Gasteiger partial charge in [-0.1, -0.05) is 44.7 Å². The predicted molar refractivity (Wildman–Crippen MR) is 79.7 cm³/mol. The molecule has 0 aromatic heterocycles. The fraction of sp³-hybridized carbons (Fsp3) is 0.625. The molecule has 0 fully saturated rings. The molecule has 0 aliphatic rings. The van der Waals surface area contributed by atoms with Crippen LogP contribution in [0.25, 0.3) is 0 Å². The van der Waals surface area contributed by atoms with E-state index in [1.54, 1.807) is 13.2 Å². The SMILES string of the molecule is CCCCCCC(C)NCc1cccc(OC)c1O. The summed E-state index contributed by atoms with van der Waals surface area (Å²) >= 11 is 0. The molecule has 1 unspecified atom stereocenters. The largest absolute Gasteiger partial charge is 0.504 e. The molecular weight excluding hydrogens is 238 g/mol. The molecule has 0 aliphatic carbocycles. The van der Waals surface area contributed by atoms with Gasteiger partial charge in [-0.25, -0.2) is 0 Å². The highest BCUT2D eigenvalue weighted by Gasteiger charge is 2.08. The number of benzene rings is 1. The van der Waals surface area contributed by atoms with Gasteiger partial charge in [0.1, 0.15) is 0 Å². The predicted octanol–water partition coefficient (Wildman–Crippen LogP) is 3.85. The molecule has 3 nitrogen and oxygen atoms in total. The van der Waals surface area contributed by atoms with Gasteiger partial charge in [0.05, 0.1) is 7.11 Å². The lowest BCUT2D eigenvalue weighted by Crippen LogP contribution is -2.25. The maximum atomic E-state index is 9.98. The quantitative estimate of drug-likeness (QED) is 0.666. The van der Waals surface area contributed by atoms with Crippen molar-refractivity contribution in [2.45, 2.75) is 58.5 Å². The standard InChI is InChI=1S/C16H27NO2/c1-4-5-6-7-9-13(2)17-12-14-10-8-11-15(19-3)16(14)18/h8,10-11,13,17-18H,4-7,9,12H2,1-3H3. The van der Waals surface area contributed by atoms with E-state index >= 15 is 0 Å². The van der Waals surface area contributed by atoms with Crippen LogP contribution < -0.4 is 10.1 Å². The molecule has 0 aliphatic heterocycles. The number of para-hydroxylation sites is 1. The zero-order valence-electron chi connectivity index (χ0n) is 12.4. The third-order valence-electron chi connectivity index (χ3n) is 3.43. The Morgan fingerprint density at radius 3 is 2.74 bits per heavy atom. The van der Waals surface area contributed by atoms with E-state index in [2.05, 4.69) is 19.2 Å². The van der Waals surface area contributed by atoms with E-state index in [1.165, 1.54) is 32.1 Å². The summed E-state index contributed by atoms with van der Waals surface area (Å²) in [5.41, 5.74) is 0.889. The Bertz CT molecular complexity index is 366. The average molecular weight is 265 g/mol. The number of hydrogen-bond acceptors (Lipinski definition) is 3. The van der Waals surface area contributed by atoms with E-state index < -0.39 is 0 Å². The van der Waals surface area contributed by atoms with E-state index in [9.17, 15) is 5.11 Å². The first-order valence-corrected chi connectivity index (χ1v) is 7.27. The van der Waals surface area contributed by atoms with Gasteiger partial charge in [-0.15, -0.1) is 0 Å². The number of phenols is 1. The summed E-state index contributed by atoms with van der Waals surface area (Å²) in [7, 11) is 1.57. The Kier molecular flexibility index (Phi) is 7.34. The van der Waals surface area contributed by atoms with Crippen molar-refractivity contribution in [3.05, 3.63) is 23.8 Å². The molecule has 1 atom stereocenters. The summed E-state index contributed by atoms with van der Waals surface area (Å²) < 4.78 is 5.11. The number of unbranched alkanes of at least 4 members (excludes halogenated alkanes) is 3. The molecule has 0 heterocycles. The summed E-state index contributed by atoms with van der Waals surface area (Å²) in [5, 5.41) is 13.4.